The first kappa shape index (κ1) is 20.2. The number of sulfonamides is 1. The van der Waals surface area contributed by atoms with Crippen molar-refractivity contribution >= 4 is 27.3 Å². The van der Waals surface area contributed by atoms with E-state index in [1.807, 2.05) is 0 Å². The summed E-state index contributed by atoms with van der Waals surface area (Å²) < 4.78 is 66.3. The van der Waals surface area contributed by atoms with Crippen LogP contribution >= 0.6 is 11.3 Å². The maximum absolute atomic E-state index is 12.1. The van der Waals surface area contributed by atoms with E-state index < -0.39 is 28.8 Å². The Morgan fingerprint density at radius 3 is 2.42 bits per heavy atom. The van der Waals surface area contributed by atoms with Gasteiger partial charge in [-0.15, -0.1) is 24.5 Å². The van der Waals surface area contributed by atoms with E-state index in [0.717, 1.165) is 23.5 Å². The maximum Gasteiger partial charge on any atom is 0.573 e. The van der Waals surface area contributed by atoms with Gasteiger partial charge in [0.05, 0.1) is 6.54 Å². The Kier molecular flexibility index (Phi) is 6.26. The number of likely N-dealkylation sites (N-methyl/N-ethyl adjacent to an activating group) is 1. The number of thiophene rings is 1. The predicted octanol–water partition coefficient (Wildman–Crippen LogP) is 2.58. The van der Waals surface area contributed by atoms with Crippen LogP contribution in [-0.2, 0) is 21.4 Å². The summed E-state index contributed by atoms with van der Waals surface area (Å²) >= 11 is 1.03. The molecule has 0 fully saturated rings. The first-order valence-corrected chi connectivity index (χ1v) is 9.55. The number of ether oxygens (including phenoxy) is 1. The van der Waals surface area contributed by atoms with Gasteiger partial charge in [-0.2, -0.15) is 0 Å². The highest BCUT2D eigenvalue weighted by atomic mass is 32.2. The number of hydrogen-bond donors (Lipinski definition) is 1. The normalized spacial score (nSPS) is 12.0. The van der Waals surface area contributed by atoms with Crippen molar-refractivity contribution in [2.24, 2.45) is 0 Å². The third kappa shape index (κ3) is 6.00. The Hall–Kier alpha value is -2.11. The molecule has 0 saturated carbocycles. The second-order valence-electron chi connectivity index (χ2n) is 5.20. The highest BCUT2D eigenvalue weighted by Crippen LogP contribution is 2.23. The van der Waals surface area contributed by atoms with Crippen molar-refractivity contribution in [1.82, 2.24) is 9.62 Å². The molecule has 0 aliphatic heterocycles. The lowest BCUT2D eigenvalue weighted by Gasteiger charge is -2.18. The molecule has 0 radical (unpaired) electrons. The van der Waals surface area contributed by atoms with Gasteiger partial charge in [0.2, 0.25) is 5.91 Å². The number of carbonyl (C=O) groups is 1. The largest absolute Gasteiger partial charge is 0.573 e. The van der Waals surface area contributed by atoms with Crippen molar-refractivity contribution in [3.63, 3.8) is 0 Å². The van der Waals surface area contributed by atoms with Gasteiger partial charge in [0.25, 0.3) is 10.0 Å². The Morgan fingerprint density at radius 2 is 1.88 bits per heavy atom. The molecule has 142 valence electrons. The van der Waals surface area contributed by atoms with Crippen molar-refractivity contribution in [3.05, 3.63) is 47.3 Å². The van der Waals surface area contributed by atoms with Crippen LogP contribution in [0.3, 0.4) is 0 Å². The lowest BCUT2D eigenvalue weighted by Crippen LogP contribution is -2.37. The van der Waals surface area contributed by atoms with Crippen molar-refractivity contribution in [1.29, 1.82) is 0 Å². The molecule has 0 aliphatic carbocycles. The number of nitrogens with zero attached hydrogens (tertiary/aromatic N) is 1. The summed E-state index contributed by atoms with van der Waals surface area (Å²) in [4.78, 5) is 13.3. The van der Waals surface area contributed by atoms with Gasteiger partial charge in [-0.05, 0) is 29.1 Å². The quantitative estimate of drug-likeness (QED) is 0.764. The van der Waals surface area contributed by atoms with Gasteiger partial charge in [0.15, 0.2) is 0 Å². The molecule has 0 aliphatic rings. The summed E-state index contributed by atoms with van der Waals surface area (Å²) in [5, 5.41) is 1.61. The summed E-state index contributed by atoms with van der Waals surface area (Å²) in [6.45, 7) is -0.322. The first-order valence-electron chi connectivity index (χ1n) is 7.19. The molecule has 0 unspecified atom stereocenters. The van der Waals surface area contributed by atoms with Crippen molar-refractivity contribution in [3.8, 4) is 5.75 Å². The van der Waals surface area contributed by atoms with Crippen LogP contribution in [0.1, 0.15) is 5.56 Å². The van der Waals surface area contributed by atoms with E-state index in [1.54, 1.807) is 11.4 Å². The molecule has 2 aromatic rings. The number of amides is 1. The lowest BCUT2D eigenvalue weighted by atomic mass is 10.2. The van der Waals surface area contributed by atoms with Gasteiger partial charge in [-0.25, -0.2) is 13.1 Å². The van der Waals surface area contributed by atoms with E-state index in [4.69, 9.17) is 0 Å². The molecule has 26 heavy (non-hydrogen) atoms. The number of rotatable bonds is 7. The van der Waals surface area contributed by atoms with E-state index in [1.165, 1.54) is 30.1 Å². The smallest absolute Gasteiger partial charge is 0.406 e. The maximum atomic E-state index is 12.1. The zero-order valence-corrected chi connectivity index (χ0v) is 15.1. The van der Waals surface area contributed by atoms with E-state index in [2.05, 4.69) is 9.46 Å². The molecule has 6 nitrogen and oxygen atoms in total. The van der Waals surface area contributed by atoms with Gasteiger partial charge in [0.1, 0.15) is 9.96 Å². The zero-order valence-electron chi connectivity index (χ0n) is 13.5. The molecule has 0 saturated heterocycles. The predicted molar refractivity (Wildman–Crippen MR) is 89.1 cm³/mol. The Bertz CT molecular complexity index is 835. The molecule has 1 aromatic heterocycles. The summed E-state index contributed by atoms with van der Waals surface area (Å²) in [5.41, 5.74) is 0.566. The van der Waals surface area contributed by atoms with Gasteiger partial charge in [-0.3, -0.25) is 4.79 Å². The number of nitrogens with one attached hydrogen (secondary N) is 1. The molecule has 1 aromatic carbocycles. The van der Waals surface area contributed by atoms with Crippen LogP contribution in [0.15, 0.2) is 46.0 Å². The molecule has 0 bridgehead atoms. The van der Waals surface area contributed by atoms with Crippen LogP contribution in [0.25, 0.3) is 0 Å². The SMILES string of the molecule is CN(Cc1ccc(OC(F)(F)F)cc1)C(=O)CNS(=O)(=O)c1cccs1. The third-order valence-electron chi connectivity index (χ3n) is 3.18. The van der Waals surface area contributed by atoms with Crippen LogP contribution < -0.4 is 9.46 Å². The number of hydrogen-bond acceptors (Lipinski definition) is 5. The molecule has 1 N–H and O–H groups in total. The van der Waals surface area contributed by atoms with Gasteiger partial charge in [0, 0.05) is 13.6 Å². The molecule has 0 spiro atoms. The van der Waals surface area contributed by atoms with Crippen molar-refractivity contribution in [2.75, 3.05) is 13.6 Å². The van der Waals surface area contributed by atoms with E-state index in [0.29, 0.717) is 5.56 Å². The van der Waals surface area contributed by atoms with Crippen LogP contribution in [0.5, 0.6) is 5.75 Å². The molecule has 0 atom stereocenters. The fourth-order valence-corrected chi connectivity index (χ4v) is 3.95. The standard InChI is InChI=1S/C15H15F3N2O4S2/c1-20(10-11-4-6-12(7-5-11)24-15(16,17)18)13(21)9-19-26(22,23)14-3-2-8-25-14/h2-8,19H,9-10H2,1H3. The molecule has 1 amide bonds. The summed E-state index contributed by atoms with van der Waals surface area (Å²) in [6, 6.07) is 8.06. The molecule has 1 heterocycles. The van der Waals surface area contributed by atoms with Crippen molar-refractivity contribution in [2.45, 2.75) is 17.1 Å². The third-order valence-corrected chi connectivity index (χ3v) is 5.97. The summed E-state index contributed by atoms with van der Waals surface area (Å²) in [5.74, 6) is -0.848. The minimum absolute atomic E-state index is 0.103. The monoisotopic (exact) mass is 408 g/mol. The number of carbonyl (C=O) groups excluding carboxylic acids is 1. The second kappa shape index (κ2) is 8.06. The lowest BCUT2D eigenvalue weighted by molar-refractivity contribution is -0.274. The minimum Gasteiger partial charge on any atom is -0.406 e. The Balaban J connectivity index is 1.89. The van der Waals surface area contributed by atoms with Crippen LogP contribution in [0, 0.1) is 0 Å². The highest BCUT2D eigenvalue weighted by molar-refractivity contribution is 7.91. The van der Waals surface area contributed by atoms with E-state index in [9.17, 15) is 26.4 Å². The number of alkyl halides is 3. The molecular weight excluding hydrogens is 393 g/mol. The van der Waals surface area contributed by atoms with Gasteiger partial charge in [-0.1, -0.05) is 18.2 Å². The average Bonchev–Trinajstić information content (AvgIpc) is 3.08. The minimum atomic E-state index is -4.77. The molecule has 11 heteroatoms. The van der Waals surface area contributed by atoms with Crippen LogP contribution in [0.4, 0.5) is 13.2 Å². The second-order valence-corrected chi connectivity index (χ2v) is 8.14. The number of halogens is 3. The van der Waals surface area contributed by atoms with Crippen LogP contribution in [0.2, 0.25) is 0 Å². The van der Waals surface area contributed by atoms with Crippen LogP contribution in [-0.4, -0.2) is 39.2 Å². The summed E-state index contributed by atoms with van der Waals surface area (Å²) in [7, 11) is -2.28. The molecular formula is C15H15F3N2O4S2. The van der Waals surface area contributed by atoms with E-state index in [-0.39, 0.29) is 16.5 Å². The van der Waals surface area contributed by atoms with Crippen molar-refractivity contribution < 1.29 is 31.1 Å². The topological polar surface area (TPSA) is 75.7 Å². The first-order chi connectivity index (χ1) is 12.1. The number of benzene rings is 1. The zero-order chi connectivity index (χ0) is 19.4. The molecule has 2 rings (SSSR count). The van der Waals surface area contributed by atoms with E-state index >= 15 is 0 Å². The Labute approximate surface area is 152 Å². The fourth-order valence-electron chi connectivity index (χ4n) is 1.94. The fraction of sp³-hybridized carbons (Fsp3) is 0.267. The van der Waals surface area contributed by atoms with Gasteiger partial charge < -0.3 is 9.64 Å². The highest BCUT2D eigenvalue weighted by Gasteiger charge is 2.31. The van der Waals surface area contributed by atoms with Gasteiger partial charge >= 0.3 is 6.36 Å². The summed E-state index contributed by atoms with van der Waals surface area (Å²) in [6.07, 6.45) is -4.77. The average molecular weight is 408 g/mol. The Morgan fingerprint density at radius 1 is 1.23 bits per heavy atom.